The molecule has 0 bridgehead atoms. The molecule has 0 aliphatic carbocycles. The van der Waals surface area contributed by atoms with Crippen LogP contribution in [-0.2, 0) is 10.0 Å². The summed E-state index contributed by atoms with van der Waals surface area (Å²) >= 11 is 12.5. The van der Waals surface area contributed by atoms with Crippen LogP contribution in [0.5, 0.6) is 5.88 Å². The number of piperazine rings is 1. The Balaban J connectivity index is 1.52. The molecule has 3 atom stereocenters. The van der Waals surface area contributed by atoms with Crippen LogP contribution in [0.1, 0.15) is 24.0 Å². The molecule has 2 unspecified atom stereocenters. The molecule has 35 heavy (non-hydrogen) atoms. The maximum absolute atomic E-state index is 13.4. The van der Waals surface area contributed by atoms with E-state index >= 15 is 0 Å². The minimum atomic E-state index is -3.26. The van der Waals surface area contributed by atoms with E-state index in [-0.39, 0.29) is 24.0 Å². The second-order valence-corrected chi connectivity index (χ2v) is 12.1. The molecule has 11 heteroatoms. The SMILES string of the molecule is Cc1ccc(O[C@@H](C)C2CN(C(=O)N3CCN(S(C)(=O)=O)CC3)CC2c2ccc(Cl)c(Cl)c2)nc1. The number of aryl methyl sites for hydroxylation is 1. The van der Waals surface area contributed by atoms with Crippen LogP contribution in [-0.4, -0.2) is 85.2 Å². The molecule has 2 fully saturated rings. The average molecular weight is 542 g/mol. The lowest BCUT2D eigenvalue weighted by molar-refractivity contribution is 0.126. The Morgan fingerprint density at radius 3 is 2.37 bits per heavy atom. The number of carbonyl (C=O) groups is 1. The molecule has 3 heterocycles. The van der Waals surface area contributed by atoms with E-state index in [1.54, 1.807) is 17.2 Å². The minimum Gasteiger partial charge on any atom is -0.474 e. The number of likely N-dealkylation sites (tertiary alicyclic amines) is 1. The number of amides is 2. The predicted molar refractivity (Wildman–Crippen MR) is 137 cm³/mol. The molecule has 2 amide bonds. The van der Waals surface area contributed by atoms with Crippen LogP contribution >= 0.6 is 23.2 Å². The molecular formula is C24H30Cl2N4O4S. The first-order chi connectivity index (χ1) is 16.5. The van der Waals surface area contributed by atoms with Crippen LogP contribution in [0.15, 0.2) is 36.5 Å². The molecule has 2 aliphatic heterocycles. The lowest BCUT2D eigenvalue weighted by atomic mass is 9.86. The molecule has 2 aliphatic rings. The standard InChI is InChI=1S/C24H30Cl2N4O4S/c1-16-4-7-23(27-13-16)34-17(2)19-14-29(15-20(19)18-5-6-21(25)22(26)12-18)24(31)28-8-10-30(11-9-28)35(3,32)33/h4-7,12-13,17,19-20H,8-11,14-15H2,1-3H3/t17-,19?,20?/m0/s1. The molecule has 1 aromatic heterocycles. The van der Waals surface area contributed by atoms with Crippen molar-refractivity contribution in [3.05, 3.63) is 57.7 Å². The summed E-state index contributed by atoms with van der Waals surface area (Å²) in [6.45, 7) is 6.30. The number of benzene rings is 1. The smallest absolute Gasteiger partial charge is 0.320 e. The zero-order valence-corrected chi connectivity index (χ0v) is 22.4. The van der Waals surface area contributed by atoms with Crippen LogP contribution in [0, 0.1) is 12.8 Å². The second kappa shape index (κ2) is 10.5. The molecule has 8 nitrogen and oxygen atoms in total. The maximum atomic E-state index is 13.4. The zero-order valence-electron chi connectivity index (χ0n) is 20.0. The molecule has 0 saturated carbocycles. The van der Waals surface area contributed by atoms with E-state index in [9.17, 15) is 13.2 Å². The molecular weight excluding hydrogens is 511 g/mol. The molecule has 1 aromatic carbocycles. The quantitative estimate of drug-likeness (QED) is 0.574. The number of rotatable bonds is 5. The van der Waals surface area contributed by atoms with Crippen LogP contribution in [0.25, 0.3) is 0 Å². The van der Waals surface area contributed by atoms with Crippen LogP contribution in [0.4, 0.5) is 4.79 Å². The van der Waals surface area contributed by atoms with E-state index in [4.69, 9.17) is 27.9 Å². The first-order valence-electron chi connectivity index (χ1n) is 11.6. The van der Waals surface area contributed by atoms with Gasteiger partial charge in [-0.05, 0) is 37.1 Å². The largest absolute Gasteiger partial charge is 0.474 e. The summed E-state index contributed by atoms with van der Waals surface area (Å²) in [5.74, 6) is 0.528. The van der Waals surface area contributed by atoms with E-state index in [0.29, 0.717) is 55.2 Å². The number of nitrogens with zero attached hydrogens (tertiary/aromatic N) is 4. The first kappa shape index (κ1) is 26.0. The lowest BCUT2D eigenvalue weighted by Gasteiger charge is -2.35. The van der Waals surface area contributed by atoms with E-state index in [1.165, 1.54) is 10.6 Å². The fraction of sp³-hybridized carbons (Fsp3) is 0.500. The average Bonchev–Trinajstić information content (AvgIpc) is 3.27. The number of urea groups is 1. The van der Waals surface area contributed by atoms with Crippen molar-refractivity contribution in [3.8, 4) is 5.88 Å². The summed E-state index contributed by atoms with van der Waals surface area (Å²) < 4.78 is 31.3. The van der Waals surface area contributed by atoms with E-state index < -0.39 is 10.0 Å². The highest BCUT2D eigenvalue weighted by Gasteiger charge is 2.42. The number of ether oxygens (including phenoxy) is 1. The molecule has 2 aromatic rings. The Morgan fingerprint density at radius 2 is 1.77 bits per heavy atom. The van der Waals surface area contributed by atoms with Gasteiger partial charge in [-0.25, -0.2) is 18.2 Å². The molecule has 0 N–H and O–H groups in total. The highest BCUT2D eigenvalue weighted by molar-refractivity contribution is 7.88. The van der Waals surface area contributed by atoms with Crippen molar-refractivity contribution in [3.63, 3.8) is 0 Å². The van der Waals surface area contributed by atoms with E-state index in [1.807, 2.05) is 43.0 Å². The number of hydrogen-bond acceptors (Lipinski definition) is 5. The van der Waals surface area contributed by atoms with Crippen molar-refractivity contribution >= 4 is 39.3 Å². The minimum absolute atomic E-state index is 0.00314. The number of pyridine rings is 1. The topological polar surface area (TPSA) is 83.0 Å². The van der Waals surface area contributed by atoms with Gasteiger partial charge in [0.2, 0.25) is 15.9 Å². The molecule has 2 saturated heterocycles. The van der Waals surface area contributed by atoms with Crippen LogP contribution in [0.3, 0.4) is 0 Å². The number of aromatic nitrogens is 1. The summed E-state index contributed by atoms with van der Waals surface area (Å²) in [5, 5.41) is 0.952. The van der Waals surface area contributed by atoms with Crippen molar-refractivity contribution in [2.75, 3.05) is 45.5 Å². The van der Waals surface area contributed by atoms with Gasteiger partial charge < -0.3 is 14.5 Å². The van der Waals surface area contributed by atoms with Gasteiger partial charge in [0.05, 0.1) is 16.3 Å². The van der Waals surface area contributed by atoms with Gasteiger partial charge in [-0.15, -0.1) is 0 Å². The number of carbonyl (C=O) groups excluding carboxylic acids is 1. The van der Waals surface area contributed by atoms with Crippen molar-refractivity contribution in [1.82, 2.24) is 19.1 Å². The van der Waals surface area contributed by atoms with Gasteiger partial charge in [-0.2, -0.15) is 4.31 Å². The Bertz CT molecular complexity index is 1170. The molecule has 0 spiro atoms. The lowest BCUT2D eigenvalue weighted by Crippen LogP contribution is -2.53. The number of halogens is 2. The first-order valence-corrected chi connectivity index (χ1v) is 14.2. The van der Waals surface area contributed by atoms with Gasteiger partial charge >= 0.3 is 6.03 Å². The second-order valence-electron chi connectivity index (χ2n) is 9.28. The van der Waals surface area contributed by atoms with E-state index in [2.05, 4.69) is 4.98 Å². The Hall–Kier alpha value is -2.07. The Labute approximate surface area is 216 Å². The van der Waals surface area contributed by atoms with Gasteiger partial charge in [0.1, 0.15) is 6.10 Å². The van der Waals surface area contributed by atoms with Crippen LogP contribution in [0.2, 0.25) is 10.0 Å². The van der Waals surface area contributed by atoms with Gasteiger partial charge in [-0.1, -0.05) is 35.3 Å². The molecule has 4 rings (SSSR count). The normalized spacial score (nSPS) is 22.3. The fourth-order valence-corrected chi connectivity index (χ4v) is 5.90. The van der Waals surface area contributed by atoms with Crippen molar-refractivity contribution in [1.29, 1.82) is 0 Å². The van der Waals surface area contributed by atoms with E-state index in [0.717, 1.165) is 11.1 Å². The monoisotopic (exact) mass is 540 g/mol. The summed E-state index contributed by atoms with van der Waals surface area (Å²) in [6, 6.07) is 9.29. The number of sulfonamides is 1. The fourth-order valence-electron chi connectivity index (χ4n) is 4.77. The van der Waals surface area contributed by atoms with Crippen LogP contribution < -0.4 is 4.74 Å². The maximum Gasteiger partial charge on any atom is 0.320 e. The summed E-state index contributed by atoms with van der Waals surface area (Å²) in [4.78, 5) is 21.3. The van der Waals surface area contributed by atoms with Gasteiger partial charge in [0.15, 0.2) is 0 Å². The third-order valence-corrected chi connectivity index (χ3v) is 8.82. The van der Waals surface area contributed by atoms with Crippen molar-refractivity contribution < 1.29 is 17.9 Å². The summed E-state index contributed by atoms with van der Waals surface area (Å²) in [5.41, 5.74) is 2.04. The highest BCUT2D eigenvalue weighted by atomic mass is 35.5. The summed E-state index contributed by atoms with van der Waals surface area (Å²) in [6.07, 6.45) is 2.74. The zero-order chi connectivity index (χ0) is 25.3. The van der Waals surface area contributed by atoms with Crippen molar-refractivity contribution in [2.45, 2.75) is 25.9 Å². The number of hydrogen-bond donors (Lipinski definition) is 0. The third kappa shape index (κ3) is 6.02. The van der Waals surface area contributed by atoms with Gasteiger partial charge in [0, 0.05) is 63.4 Å². The highest BCUT2D eigenvalue weighted by Crippen LogP contribution is 2.38. The van der Waals surface area contributed by atoms with Crippen molar-refractivity contribution in [2.24, 2.45) is 5.92 Å². The third-order valence-electron chi connectivity index (χ3n) is 6.78. The molecule has 0 radical (unpaired) electrons. The predicted octanol–water partition coefficient (Wildman–Crippen LogP) is 3.88. The molecule has 190 valence electrons. The van der Waals surface area contributed by atoms with Gasteiger partial charge in [-0.3, -0.25) is 0 Å². The Kier molecular flexibility index (Phi) is 7.80. The van der Waals surface area contributed by atoms with Gasteiger partial charge in [0.25, 0.3) is 0 Å². The summed E-state index contributed by atoms with van der Waals surface area (Å²) in [7, 11) is -3.26. The Morgan fingerprint density at radius 1 is 1.06 bits per heavy atom.